The predicted molar refractivity (Wildman–Crippen MR) is 125 cm³/mol. The van der Waals surface area contributed by atoms with Gasteiger partial charge in [-0.1, -0.05) is 0 Å². The Kier molecular flexibility index (Phi) is 6.04. The third kappa shape index (κ3) is 4.33. The molecule has 5 rings (SSSR count). The maximum absolute atomic E-state index is 11.7. The third-order valence-corrected chi connectivity index (χ3v) is 7.08. The number of fused-ring (bicyclic) bond motifs is 1. The Morgan fingerprint density at radius 1 is 1.19 bits per heavy atom. The molecule has 2 fully saturated rings. The highest BCUT2D eigenvalue weighted by molar-refractivity contribution is 7.09. The second-order valence-corrected chi connectivity index (χ2v) is 9.13. The lowest BCUT2D eigenvalue weighted by atomic mass is 9.90. The molecule has 1 aromatic carbocycles. The molecule has 0 bridgehead atoms. The fraction of sp³-hybridized carbons (Fsp3) is 0.455. The zero-order valence-corrected chi connectivity index (χ0v) is 18.6. The van der Waals surface area contributed by atoms with E-state index in [4.69, 9.17) is 10.5 Å². The number of ether oxygens (including phenoxy) is 1. The Bertz CT molecular complexity index is 1070. The van der Waals surface area contributed by atoms with Crippen molar-refractivity contribution >= 4 is 39.8 Å². The topological polar surface area (TPSA) is 110 Å². The average Bonchev–Trinajstić information content (AvgIpc) is 3.37. The van der Waals surface area contributed by atoms with Crippen molar-refractivity contribution in [3.05, 3.63) is 41.1 Å². The maximum atomic E-state index is 11.7. The van der Waals surface area contributed by atoms with E-state index in [0.29, 0.717) is 0 Å². The molecular formula is C22H27N7O2S. The summed E-state index contributed by atoms with van der Waals surface area (Å²) in [5.41, 5.74) is 7.58. The Hall–Kier alpha value is -2.98. The van der Waals surface area contributed by atoms with Gasteiger partial charge in [-0.2, -0.15) is 0 Å². The molecule has 0 radical (unpaired) electrons. The van der Waals surface area contributed by atoms with Gasteiger partial charge in [0.2, 0.25) is 0 Å². The molecule has 4 heterocycles. The normalized spacial score (nSPS) is 20.3. The number of carbonyl (C=O) groups excluding carboxylic acids is 1. The molecule has 32 heavy (non-hydrogen) atoms. The van der Waals surface area contributed by atoms with Crippen molar-refractivity contribution in [1.82, 2.24) is 20.3 Å². The minimum absolute atomic E-state index is 0.194. The number of amides is 2. The summed E-state index contributed by atoms with van der Waals surface area (Å²) in [6.07, 6.45) is 5.40. The van der Waals surface area contributed by atoms with Gasteiger partial charge in [-0.25, -0.2) is 19.7 Å². The van der Waals surface area contributed by atoms with Crippen molar-refractivity contribution in [2.75, 3.05) is 49.2 Å². The lowest BCUT2D eigenvalue weighted by molar-refractivity contribution is 0.122. The molecule has 2 aromatic heterocycles. The Morgan fingerprint density at radius 3 is 2.84 bits per heavy atom. The van der Waals surface area contributed by atoms with Gasteiger partial charge in [0.1, 0.15) is 17.2 Å². The van der Waals surface area contributed by atoms with Gasteiger partial charge in [-0.05, 0) is 31.0 Å². The van der Waals surface area contributed by atoms with E-state index in [-0.39, 0.29) is 12.0 Å². The molecule has 2 unspecified atom stereocenters. The van der Waals surface area contributed by atoms with Crippen molar-refractivity contribution in [1.29, 1.82) is 0 Å². The summed E-state index contributed by atoms with van der Waals surface area (Å²) in [6.45, 7) is 4.96. The number of morpholine rings is 1. The molecule has 2 saturated heterocycles. The van der Waals surface area contributed by atoms with Gasteiger partial charge < -0.3 is 25.6 Å². The molecule has 2 atom stereocenters. The van der Waals surface area contributed by atoms with E-state index in [0.717, 1.165) is 79.7 Å². The van der Waals surface area contributed by atoms with Crippen LogP contribution in [0.25, 0.3) is 10.9 Å². The number of piperidine rings is 1. The van der Waals surface area contributed by atoms with Crippen molar-refractivity contribution in [2.45, 2.75) is 18.9 Å². The fourth-order valence-electron chi connectivity index (χ4n) is 4.70. The van der Waals surface area contributed by atoms with Crippen LogP contribution in [-0.4, -0.2) is 60.4 Å². The molecule has 168 valence electrons. The number of aromatic nitrogens is 3. The number of anilines is 2. The summed E-state index contributed by atoms with van der Waals surface area (Å²) in [5.74, 6) is 1.13. The van der Waals surface area contributed by atoms with Crippen molar-refractivity contribution in [3.8, 4) is 0 Å². The number of hydrogen-bond donors (Lipinski definition) is 2. The summed E-state index contributed by atoms with van der Waals surface area (Å²) in [6, 6.07) is 5.69. The van der Waals surface area contributed by atoms with Crippen LogP contribution in [0.1, 0.15) is 23.9 Å². The first kappa shape index (κ1) is 20.9. The van der Waals surface area contributed by atoms with Gasteiger partial charge in [0, 0.05) is 54.7 Å². The first-order chi connectivity index (χ1) is 15.7. The smallest absolute Gasteiger partial charge is 0.312 e. The van der Waals surface area contributed by atoms with Crippen LogP contribution in [0.15, 0.2) is 36.1 Å². The maximum Gasteiger partial charge on any atom is 0.312 e. The number of thiazole rings is 1. The zero-order chi connectivity index (χ0) is 21.9. The van der Waals surface area contributed by atoms with Crippen molar-refractivity contribution in [2.24, 2.45) is 11.7 Å². The zero-order valence-electron chi connectivity index (χ0n) is 17.8. The van der Waals surface area contributed by atoms with Gasteiger partial charge in [-0.3, -0.25) is 0 Å². The minimum Gasteiger partial charge on any atom is -0.378 e. The Labute approximate surface area is 190 Å². The molecule has 0 aliphatic carbocycles. The standard InChI is InChI=1S/C22H27N7O2S/c23-22(30)27-19(21-24-5-11-32-21)15-2-1-6-29(13-15)20-17-4-3-16(12-18(17)25-14-26-20)28-7-9-31-10-8-28/h3-5,11-12,14-15,19H,1-2,6-10,13H2,(H3,23,27,30). The van der Waals surface area contributed by atoms with E-state index in [9.17, 15) is 4.79 Å². The number of hydrogen-bond acceptors (Lipinski definition) is 8. The van der Waals surface area contributed by atoms with E-state index in [1.165, 1.54) is 0 Å². The van der Waals surface area contributed by atoms with Gasteiger partial charge >= 0.3 is 6.03 Å². The van der Waals surface area contributed by atoms with Crippen LogP contribution in [-0.2, 0) is 4.74 Å². The van der Waals surface area contributed by atoms with Crippen molar-refractivity contribution in [3.63, 3.8) is 0 Å². The Morgan fingerprint density at radius 2 is 2.06 bits per heavy atom. The van der Waals surface area contributed by atoms with E-state index >= 15 is 0 Å². The first-order valence-corrected chi connectivity index (χ1v) is 11.8. The number of carbonyl (C=O) groups is 1. The molecule has 9 nitrogen and oxygen atoms in total. The van der Waals surface area contributed by atoms with E-state index in [1.54, 1.807) is 23.9 Å². The molecule has 0 saturated carbocycles. The number of benzene rings is 1. The van der Waals surface area contributed by atoms with Crippen LogP contribution in [0, 0.1) is 5.92 Å². The number of nitrogens with zero attached hydrogens (tertiary/aromatic N) is 5. The molecule has 2 aliphatic heterocycles. The summed E-state index contributed by atoms with van der Waals surface area (Å²) in [7, 11) is 0. The van der Waals surface area contributed by atoms with Crippen LogP contribution >= 0.6 is 11.3 Å². The second-order valence-electron chi connectivity index (χ2n) is 8.20. The molecular weight excluding hydrogens is 426 g/mol. The summed E-state index contributed by atoms with van der Waals surface area (Å²) in [4.78, 5) is 29.9. The largest absolute Gasteiger partial charge is 0.378 e. The van der Waals surface area contributed by atoms with E-state index < -0.39 is 6.03 Å². The van der Waals surface area contributed by atoms with Crippen LogP contribution < -0.4 is 20.9 Å². The number of nitrogens with one attached hydrogen (secondary N) is 1. The lowest BCUT2D eigenvalue weighted by Gasteiger charge is -2.37. The molecule has 3 aromatic rings. The van der Waals surface area contributed by atoms with Crippen LogP contribution in [0.3, 0.4) is 0 Å². The molecule has 2 aliphatic rings. The average molecular weight is 454 g/mol. The monoisotopic (exact) mass is 453 g/mol. The lowest BCUT2D eigenvalue weighted by Crippen LogP contribution is -2.44. The number of rotatable bonds is 5. The summed E-state index contributed by atoms with van der Waals surface area (Å²) in [5, 5.41) is 6.77. The van der Waals surface area contributed by atoms with Gasteiger partial charge in [0.25, 0.3) is 0 Å². The SMILES string of the molecule is NC(=O)NC(c1nccs1)C1CCCN(c2ncnc3cc(N4CCOCC4)ccc23)C1. The second kappa shape index (κ2) is 9.25. The van der Waals surface area contributed by atoms with Crippen LogP contribution in [0.4, 0.5) is 16.3 Å². The number of urea groups is 1. The van der Waals surface area contributed by atoms with Crippen molar-refractivity contribution < 1.29 is 9.53 Å². The van der Waals surface area contributed by atoms with Gasteiger partial charge in [-0.15, -0.1) is 11.3 Å². The highest BCUT2D eigenvalue weighted by atomic mass is 32.1. The summed E-state index contributed by atoms with van der Waals surface area (Å²) >= 11 is 1.54. The molecule has 0 spiro atoms. The van der Waals surface area contributed by atoms with E-state index in [2.05, 4.69) is 48.3 Å². The molecule has 2 amide bonds. The number of primary amides is 1. The van der Waals surface area contributed by atoms with Gasteiger partial charge in [0.05, 0.1) is 24.8 Å². The quantitative estimate of drug-likeness (QED) is 0.611. The molecule has 10 heteroatoms. The highest BCUT2D eigenvalue weighted by Gasteiger charge is 2.32. The van der Waals surface area contributed by atoms with E-state index in [1.807, 2.05) is 5.38 Å². The number of nitrogens with two attached hydrogens (primary N) is 1. The predicted octanol–water partition coefficient (Wildman–Crippen LogP) is 2.55. The van der Waals surface area contributed by atoms with Crippen LogP contribution in [0.5, 0.6) is 0 Å². The highest BCUT2D eigenvalue weighted by Crippen LogP contribution is 2.35. The summed E-state index contributed by atoms with van der Waals surface area (Å²) < 4.78 is 5.48. The minimum atomic E-state index is -0.523. The van der Waals surface area contributed by atoms with Crippen LogP contribution in [0.2, 0.25) is 0 Å². The third-order valence-electron chi connectivity index (χ3n) is 6.22. The fourth-order valence-corrected chi connectivity index (χ4v) is 5.48. The Balaban J connectivity index is 1.41. The molecule has 3 N–H and O–H groups in total. The first-order valence-electron chi connectivity index (χ1n) is 11.0. The van der Waals surface area contributed by atoms with Gasteiger partial charge in [0.15, 0.2) is 0 Å².